The highest BCUT2D eigenvalue weighted by Crippen LogP contribution is 2.29. The van der Waals surface area contributed by atoms with Gasteiger partial charge in [0.05, 0.1) is 22.5 Å². The van der Waals surface area contributed by atoms with E-state index >= 15 is 0 Å². The van der Waals surface area contributed by atoms with Crippen LogP contribution in [0.1, 0.15) is 51.7 Å². The van der Waals surface area contributed by atoms with Gasteiger partial charge >= 0.3 is 5.97 Å². The van der Waals surface area contributed by atoms with Crippen LogP contribution in [0.15, 0.2) is 65.5 Å². The fourth-order valence-electron chi connectivity index (χ4n) is 5.06. The average Bonchev–Trinajstić information content (AvgIpc) is 2.88. The Morgan fingerprint density at radius 2 is 1.76 bits per heavy atom. The van der Waals surface area contributed by atoms with Gasteiger partial charge in [0.1, 0.15) is 5.82 Å². The summed E-state index contributed by atoms with van der Waals surface area (Å²) in [7, 11) is 1.69. The molecular formula is C30H30N4O4. The highest BCUT2D eigenvalue weighted by molar-refractivity contribution is 5.95. The zero-order valence-corrected chi connectivity index (χ0v) is 21.9. The van der Waals surface area contributed by atoms with Crippen LogP contribution in [0.5, 0.6) is 0 Å². The summed E-state index contributed by atoms with van der Waals surface area (Å²) in [6.07, 6.45) is 0. The summed E-state index contributed by atoms with van der Waals surface area (Å²) in [6.45, 7) is 7.50. The molecule has 1 aliphatic heterocycles. The van der Waals surface area contributed by atoms with Crippen LogP contribution in [0.3, 0.4) is 0 Å². The molecule has 5 rings (SSSR count). The Balaban J connectivity index is 1.55. The van der Waals surface area contributed by atoms with Gasteiger partial charge in [-0.2, -0.15) is 0 Å². The predicted molar refractivity (Wildman–Crippen MR) is 148 cm³/mol. The summed E-state index contributed by atoms with van der Waals surface area (Å²) in [5.41, 5.74) is 4.06. The SMILES string of the molecule is Cc1cc([C@@H](C)Nc2ccccc2C(=O)O)c2nc(-c3ccc(C(=O)N4CC(C)C4)cc3)n(C)c(=O)c2c1. The van der Waals surface area contributed by atoms with Crippen LogP contribution in [0.25, 0.3) is 22.3 Å². The fourth-order valence-corrected chi connectivity index (χ4v) is 5.06. The number of carbonyl (C=O) groups is 2. The van der Waals surface area contributed by atoms with Crippen molar-refractivity contribution in [3.63, 3.8) is 0 Å². The van der Waals surface area contributed by atoms with Gasteiger partial charge in [-0.1, -0.05) is 37.3 Å². The number of benzene rings is 3. The minimum absolute atomic E-state index is 0.00862. The van der Waals surface area contributed by atoms with Gasteiger partial charge in [-0.05, 0) is 55.7 Å². The molecule has 2 N–H and O–H groups in total. The molecule has 4 aromatic rings. The van der Waals surface area contributed by atoms with Crippen molar-refractivity contribution in [2.24, 2.45) is 13.0 Å². The number of aromatic carboxylic acids is 1. The van der Waals surface area contributed by atoms with Gasteiger partial charge < -0.3 is 15.3 Å². The van der Waals surface area contributed by atoms with Crippen LogP contribution in [0, 0.1) is 12.8 Å². The van der Waals surface area contributed by atoms with E-state index in [1.807, 2.05) is 43.0 Å². The number of hydrogen-bond donors (Lipinski definition) is 2. The second kappa shape index (κ2) is 9.78. The standard InChI is InChI=1S/C30H30N4O4/c1-17-13-23(19(3)31-25-8-6-5-7-22(25)30(37)38)26-24(14-17)29(36)33(4)27(32-26)20-9-11-21(12-10-20)28(35)34-15-18(2)16-34/h5-14,18-19,31H,15-16H2,1-4H3,(H,37,38)/t19-/m1/s1. The lowest BCUT2D eigenvalue weighted by molar-refractivity contribution is 0.0530. The molecule has 0 bridgehead atoms. The molecule has 0 aliphatic carbocycles. The van der Waals surface area contributed by atoms with E-state index in [-0.39, 0.29) is 23.1 Å². The van der Waals surface area contributed by atoms with E-state index in [0.29, 0.717) is 33.9 Å². The third-order valence-corrected chi connectivity index (χ3v) is 7.09. The lowest BCUT2D eigenvalue weighted by Gasteiger charge is -2.37. The molecule has 0 saturated carbocycles. The van der Waals surface area contributed by atoms with Crippen LogP contribution in [-0.2, 0) is 7.05 Å². The van der Waals surface area contributed by atoms with Crippen LogP contribution < -0.4 is 10.9 Å². The smallest absolute Gasteiger partial charge is 0.337 e. The van der Waals surface area contributed by atoms with Crippen LogP contribution >= 0.6 is 0 Å². The Morgan fingerprint density at radius 1 is 1.08 bits per heavy atom. The maximum atomic E-state index is 13.5. The molecule has 1 fully saturated rings. The first kappa shape index (κ1) is 25.2. The van der Waals surface area contributed by atoms with E-state index in [1.54, 1.807) is 43.4 Å². The number of amides is 1. The minimum atomic E-state index is -1.02. The molecule has 1 aliphatic rings. The molecule has 194 valence electrons. The van der Waals surface area contributed by atoms with Gasteiger partial charge in [-0.15, -0.1) is 0 Å². The molecule has 1 aromatic heterocycles. The number of anilines is 1. The highest BCUT2D eigenvalue weighted by atomic mass is 16.4. The molecule has 1 amide bonds. The maximum absolute atomic E-state index is 13.5. The molecule has 3 aromatic carbocycles. The minimum Gasteiger partial charge on any atom is -0.478 e. The van der Waals surface area contributed by atoms with Gasteiger partial charge in [0, 0.05) is 42.5 Å². The number of aromatic nitrogens is 2. The molecule has 8 heteroatoms. The van der Waals surface area contributed by atoms with E-state index in [1.165, 1.54) is 4.57 Å². The molecule has 1 atom stereocenters. The van der Waals surface area contributed by atoms with Crippen LogP contribution in [-0.4, -0.2) is 44.5 Å². The Labute approximate surface area is 220 Å². The monoisotopic (exact) mass is 510 g/mol. The van der Waals surface area contributed by atoms with Crippen molar-refractivity contribution in [1.82, 2.24) is 14.5 Å². The first-order valence-electron chi connectivity index (χ1n) is 12.6. The van der Waals surface area contributed by atoms with Gasteiger partial charge in [0.25, 0.3) is 11.5 Å². The Hall–Kier alpha value is -4.46. The van der Waals surface area contributed by atoms with E-state index in [2.05, 4.69) is 12.2 Å². The number of rotatable bonds is 6. The third kappa shape index (κ3) is 4.53. The summed E-state index contributed by atoms with van der Waals surface area (Å²) >= 11 is 0. The summed E-state index contributed by atoms with van der Waals surface area (Å²) in [4.78, 5) is 44.6. The van der Waals surface area contributed by atoms with E-state index in [9.17, 15) is 19.5 Å². The maximum Gasteiger partial charge on any atom is 0.337 e. The second-order valence-electron chi connectivity index (χ2n) is 10.2. The largest absolute Gasteiger partial charge is 0.478 e. The molecule has 0 spiro atoms. The first-order valence-corrected chi connectivity index (χ1v) is 12.6. The van der Waals surface area contributed by atoms with Crippen LogP contribution in [0.2, 0.25) is 0 Å². The van der Waals surface area contributed by atoms with Gasteiger partial charge in [0.2, 0.25) is 0 Å². The Bertz CT molecular complexity index is 1620. The lowest BCUT2D eigenvalue weighted by atomic mass is 9.99. The van der Waals surface area contributed by atoms with Gasteiger partial charge in [0.15, 0.2) is 0 Å². The second-order valence-corrected chi connectivity index (χ2v) is 10.2. The molecule has 1 saturated heterocycles. The molecule has 8 nitrogen and oxygen atoms in total. The number of carboxylic acids is 1. The van der Waals surface area contributed by atoms with Crippen molar-refractivity contribution in [1.29, 1.82) is 0 Å². The first-order chi connectivity index (χ1) is 18.1. The number of nitrogens with one attached hydrogen (secondary N) is 1. The number of likely N-dealkylation sites (tertiary alicyclic amines) is 1. The number of carboxylic acid groups (broad SMARTS) is 1. The normalized spacial score (nSPS) is 14.3. The summed E-state index contributed by atoms with van der Waals surface area (Å²) in [5.74, 6) is 0.00715. The lowest BCUT2D eigenvalue weighted by Crippen LogP contribution is -2.48. The average molecular weight is 511 g/mol. The molecule has 2 heterocycles. The third-order valence-electron chi connectivity index (χ3n) is 7.09. The highest BCUT2D eigenvalue weighted by Gasteiger charge is 2.28. The number of carbonyl (C=O) groups excluding carboxylic acids is 1. The molecule has 38 heavy (non-hydrogen) atoms. The van der Waals surface area contributed by atoms with Crippen LogP contribution in [0.4, 0.5) is 5.69 Å². The molecular weight excluding hydrogens is 480 g/mol. The van der Waals surface area contributed by atoms with Gasteiger partial charge in [-0.25, -0.2) is 9.78 Å². The van der Waals surface area contributed by atoms with Crippen molar-refractivity contribution >= 4 is 28.5 Å². The number of fused-ring (bicyclic) bond motifs is 1. The summed E-state index contributed by atoms with van der Waals surface area (Å²) < 4.78 is 1.53. The fraction of sp³-hybridized carbons (Fsp3) is 0.267. The number of hydrogen-bond acceptors (Lipinski definition) is 5. The number of para-hydroxylation sites is 1. The van der Waals surface area contributed by atoms with Crippen molar-refractivity contribution in [2.45, 2.75) is 26.8 Å². The zero-order chi connectivity index (χ0) is 27.1. The number of aryl methyl sites for hydroxylation is 1. The van der Waals surface area contributed by atoms with Crippen molar-refractivity contribution in [2.75, 3.05) is 18.4 Å². The Morgan fingerprint density at radius 3 is 2.42 bits per heavy atom. The topological polar surface area (TPSA) is 105 Å². The quantitative estimate of drug-likeness (QED) is 0.383. The molecule has 0 radical (unpaired) electrons. The predicted octanol–water partition coefficient (Wildman–Crippen LogP) is 4.87. The van der Waals surface area contributed by atoms with E-state index in [0.717, 1.165) is 29.8 Å². The summed E-state index contributed by atoms with van der Waals surface area (Å²) in [6, 6.07) is 17.4. The number of nitrogens with zero attached hydrogens (tertiary/aromatic N) is 3. The van der Waals surface area contributed by atoms with E-state index < -0.39 is 5.97 Å². The van der Waals surface area contributed by atoms with Crippen molar-refractivity contribution in [3.8, 4) is 11.4 Å². The van der Waals surface area contributed by atoms with Crippen molar-refractivity contribution < 1.29 is 14.7 Å². The van der Waals surface area contributed by atoms with Crippen molar-refractivity contribution in [3.05, 3.63) is 93.3 Å². The van der Waals surface area contributed by atoms with E-state index in [4.69, 9.17) is 4.98 Å². The molecule has 0 unspecified atom stereocenters. The van der Waals surface area contributed by atoms with Gasteiger partial charge in [-0.3, -0.25) is 14.2 Å². The zero-order valence-electron chi connectivity index (χ0n) is 21.9. The Kier molecular flexibility index (Phi) is 6.48. The summed E-state index contributed by atoms with van der Waals surface area (Å²) in [5, 5.41) is 13.4.